The Morgan fingerprint density at radius 2 is 0.726 bits per heavy atom. The first-order valence-electron chi connectivity index (χ1n) is 20.7. The molecule has 5 nitrogen and oxygen atoms in total. The van der Waals surface area contributed by atoms with E-state index >= 15 is 0 Å². The van der Waals surface area contributed by atoms with E-state index in [1.807, 2.05) is 42.5 Å². The third kappa shape index (κ3) is 6.23. The highest BCUT2D eigenvalue weighted by atomic mass is 16.3. The normalized spacial score (nSPS) is 11.5. The fourth-order valence-electron chi connectivity index (χ4n) is 8.71. The van der Waals surface area contributed by atoms with Gasteiger partial charge in [-0.3, -0.25) is 0 Å². The summed E-state index contributed by atoms with van der Waals surface area (Å²) in [5.74, 6) is 1.74. The molecule has 0 unspecified atom stereocenters. The molecular weight excluding hydrogens is 759 g/mol. The largest absolute Gasteiger partial charge is 0.456 e. The lowest BCUT2D eigenvalue weighted by Gasteiger charge is -2.15. The predicted octanol–water partition coefficient (Wildman–Crippen LogP) is 15.3. The van der Waals surface area contributed by atoms with Crippen LogP contribution < -0.4 is 0 Å². The van der Waals surface area contributed by atoms with Crippen molar-refractivity contribution in [3.8, 4) is 78.7 Å². The fraction of sp³-hybridized carbons (Fsp3) is 0. The van der Waals surface area contributed by atoms with Gasteiger partial charge < -0.3 is 8.83 Å². The van der Waals surface area contributed by atoms with Gasteiger partial charge in [-0.2, -0.15) is 0 Å². The van der Waals surface area contributed by atoms with Crippen molar-refractivity contribution in [3.63, 3.8) is 0 Å². The highest BCUT2D eigenvalue weighted by Gasteiger charge is 2.21. The van der Waals surface area contributed by atoms with Crippen LogP contribution in [-0.2, 0) is 0 Å². The third-order valence-electron chi connectivity index (χ3n) is 11.8. The van der Waals surface area contributed by atoms with E-state index in [1.165, 1.54) is 0 Å². The Labute approximate surface area is 357 Å². The van der Waals surface area contributed by atoms with Gasteiger partial charge in [0.2, 0.25) is 0 Å². The van der Waals surface area contributed by atoms with Gasteiger partial charge in [0.15, 0.2) is 17.5 Å². The Kier molecular flexibility index (Phi) is 8.42. The van der Waals surface area contributed by atoms with E-state index < -0.39 is 0 Å². The molecular formula is C57H35N3O2. The molecule has 5 heteroatoms. The van der Waals surface area contributed by atoms with E-state index in [4.69, 9.17) is 23.8 Å². The SMILES string of the molecule is c1ccc(-c2ccc(-c3nc(-c4cccc(-c5ccccc5)c4)nc(-c4cc(-c5ccc6oc7ccccc7c6c5)ccc4-c4cccc5oc6ccccc6c45)n3)cc2)cc1. The number of benzene rings is 9. The zero-order valence-electron chi connectivity index (χ0n) is 33.4. The number of aromatic nitrogens is 3. The van der Waals surface area contributed by atoms with Gasteiger partial charge in [0, 0.05) is 38.2 Å². The summed E-state index contributed by atoms with van der Waals surface area (Å²) in [5, 5.41) is 4.26. The fourth-order valence-corrected chi connectivity index (χ4v) is 8.71. The van der Waals surface area contributed by atoms with Gasteiger partial charge in [-0.05, 0) is 87.0 Å². The van der Waals surface area contributed by atoms with Gasteiger partial charge in [0.1, 0.15) is 22.3 Å². The number of para-hydroxylation sites is 2. The van der Waals surface area contributed by atoms with Crippen LogP contribution in [-0.4, -0.2) is 15.0 Å². The van der Waals surface area contributed by atoms with E-state index in [0.717, 1.165) is 105 Å². The number of hydrogen-bond acceptors (Lipinski definition) is 5. The molecule has 3 aromatic heterocycles. The number of fused-ring (bicyclic) bond motifs is 6. The first-order chi connectivity index (χ1) is 30.7. The quantitative estimate of drug-likeness (QED) is 0.161. The molecule has 0 spiro atoms. The summed E-state index contributed by atoms with van der Waals surface area (Å²) >= 11 is 0. The first-order valence-corrected chi connectivity index (χ1v) is 20.7. The standard InChI is InChI=1S/C57H35N3O2/c1-3-13-36(14-4-1)38-25-27-39(28-26-38)55-58-56(43-18-11-17-40(33-43)37-15-5-2-6-16-37)60-57(59-55)49-35-41(42-30-32-52-48(34-42)45-19-7-9-22-50(45)61-52)29-31-44(49)46-21-12-24-53-54(46)47-20-8-10-23-51(47)62-53/h1-35H. The zero-order chi connectivity index (χ0) is 41.0. The van der Waals surface area contributed by atoms with Crippen LogP contribution in [0.25, 0.3) is 123 Å². The number of furan rings is 2. The van der Waals surface area contributed by atoms with Crippen LogP contribution in [0.5, 0.6) is 0 Å². The van der Waals surface area contributed by atoms with E-state index in [9.17, 15) is 0 Å². The molecule has 290 valence electrons. The molecule has 0 saturated carbocycles. The number of nitrogens with zero attached hydrogens (tertiary/aromatic N) is 3. The summed E-state index contributed by atoms with van der Waals surface area (Å²) in [7, 11) is 0. The lowest BCUT2D eigenvalue weighted by Crippen LogP contribution is -2.01. The first kappa shape index (κ1) is 35.5. The smallest absolute Gasteiger partial charge is 0.164 e. The summed E-state index contributed by atoms with van der Waals surface area (Å²) in [6, 6.07) is 73.4. The van der Waals surface area contributed by atoms with Crippen molar-refractivity contribution in [2.75, 3.05) is 0 Å². The van der Waals surface area contributed by atoms with Gasteiger partial charge in [0.25, 0.3) is 0 Å². The highest BCUT2D eigenvalue weighted by molar-refractivity contribution is 6.14. The second-order valence-corrected chi connectivity index (χ2v) is 15.5. The Morgan fingerprint density at radius 3 is 1.52 bits per heavy atom. The second kappa shape index (κ2) is 14.7. The van der Waals surface area contributed by atoms with Crippen LogP contribution in [0.4, 0.5) is 0 Å². The minimum absolute atomic E-state index is 0.568. The summed E-state index contributed by atoms with van der Waals surface area (Å²) in [5.41, 5.74) is 14.7. The molecule has 3 heterocycles. The zero-order valence-corrected chi connectivity index (χ0v) is 33.4. The highest BCUT2D eigenvalue weighted by Crippen LogP contribution is 2.43. The Morgan fingerprint density at radius 1 is 0.242 bits per heavy atom. The van der Waals surface area contributed by atoms with Crippen molar-refractivity contribution in [2.24, 2.45) is 0 Å². The van der Waals surface area contributed by atoms with Crippen molar-refractivity contribution in [1.29, 1.82) is 0 Å². The average molecular weight is 794 g/mol. The molecule has 0 amide bonds. The molecule has 12 rings (SSSR count). The van der Waals surface area contributed by atoms with E-state index in [1.54, 1.807) is 0 Å². The molecule has 0 N–H and O–H groups in total. The number of rotatable bonds is 7. The van der Waals surface area contributed by atoms with Gasteiger partial charge in [-0.25, -0.2) is 15.0 Å². The molecule has 0 atom stereocenters. The Bertz CT molecular complexity index is 3630. The van der Waals surface area contributed by atoms with Crippen molar-refractivity contribution < 1.29 is 8.83 Å². The predicted molar refractivity (Wildman–Crippen MR) is 252 cm³/mol. The molecule has 0 aliphatic rings. The molecule has 0 bridgehead atoms. The Hall–Kier alpha value is -8.41. The van der Waals surface area contributed by atoms with Gasteiger partial charge in [-0.1, -0.05) is 170 Å². The van der Waals surface area contributed by atoms with Gasteiger partial charge >= 0.3 is 0 Å². The summed E-state index contributed by atoms with van der Waals surface area (Å²) in [4.78, 5) is 15.9. The Balaban J connectivity index is 1.10. The topological polar surface area (TPSA) is 65.0 Å². The third-order valence-corrected chi connectivity index (χ3v) is 11.8. The molecule has 0 fully saturated rings. The average Bonchev–Trinajstić information content (AvgIpc) is 3.93. The maximum Gasteiger partial charge on any atom is 0.164 e. The summed E-state index contributed by atoms with van der Waals surface area (Å²) in [6.45, 7) is 0. The van der Waals surface area contributed by atoms with Crippen LogP contribution in [0.3, 0.4) is 0 Å². The minimum Gasteiger partial charge on any atom is -0.456 e. The van der Waals surface area contributed by atoms with Gasteiger partial charge in [-0.15, -0.1) is 0 Å². The molecule has 12 aromatic rings. The summed E-state index contributed by atoms with van der Waals surface area (Å²) < 4.78 is 12.6. The van der Waals surface area contributed by atoms with Crippen LogP contribution in [0.1, 0.15) is 0 Å². The molecule has 0 radical (unpaired) electrons. The lowest BCUT2D eigenvalue weighted by atomic mass is 9.91. The van der Waals surface area contributed by atoms with E-state index in [2.05, 4.69) is 170 Å². The molecule has 0 saturated heterocycles. The van der Waals surface area contributed by atoms with Crippen LogP contribution in [0.2, 0.25) is 0 Å². The molecule has 0 aliphatic carbocycles. The molecule has 9 aromatic carbocycles. The lowest BCUT2D eigenvalue weighted by molar-refractivity contribution is 0.668. The van der Waals surface area contributed by atoms with Gasteiger partial charge in [0.05, 0.1) is 0 Å². The number of hydrogen-bond donors (Lipinski definition) is 0. The second-order valence-electron chi connectivity index (χ2n) is 15.5. The van der Waals surface area contributed by atoms with Crippen molar-refractivity contribution in [1.82, 2.24) is 15.0 Å². The van der Waals surface area contributed by atoms with Crippen molar-refractivity contribution in [3.05, 3.63) is 212 Å². The van der Waals surface area contributed by atoms with Crippen LogP contribution in [0.15, 0.2) is 221 Å². The van der Waals surface area contributed by atoms with Crippen molar-refractivity contribution in [2.45, 2.75) is 0 Å². The monoisotopic (exact) mass is 793 g/mol. The maximum atomic E-state index is 6.41. The maximum absolute atomic E-state index is 6.41. The van der Waals surface area contributed by atoms with Crippen LogP contribution in [0, 0.1) is 0 Å². The minimum atomic E-state index is 0.568. The molecule has 62 heavy (non-hydrogen) atoms. The van der Waals surface area contributed by atoms with Crippen molar-refractivity contribution >= 4 is 43.9 Å². The van der Waals surface area contributed by atoms with E-state index in [-0.39, 0.29) is 0 Å². The van der Waals surface area contributed by atoms with E-state index in [0.29, 0.717) is 17.5 Å². The van der Waals surface area contributed by atoms with Crippen LogP contribution >= 0.6 is 0 Å². The summed E-state index contributed by atoms with van der Waals surface area (Å²) in [6.07, 6.45) is 0. The molecule has 0 aliphatic heterocycles.